The van der Waals surface area contributed by atoms with E-state index >= 15 is 0 Å². The quantitative estimate of drug-likeness (QED) is 0.607. The molecule has 4 rings (SSSR count). The number of hydrogen-bond donors (Lipinski definition) is 0. The van der Waals surface area contributed by atoms with E-state index in [9.17, 15) is 0 Å². The van der Waals surface area contributed by atoms with Crippen molar-refractivity contribution in [1.82, 2.24) is 0 Å². The highest BCUT2D eigenvalue weighted by atomic mass is 15.8. The van der Waals surface area contributed by atoms with Crippen LogP contribution in [-0.4, -0.2) is 17.0 Å². The summed E-state index contributed by atoms with van der Waals surface area (Å²) < 4.78 is 0. The highest BCUT2D eigenvalue weighted by Gasteiger charge is 2.41. The number of rotatable bonds is 0. The SMILES string of the molecule is C1=[N+]2[N-]c3ccccc3N2C2CCCCC12. The third-order valence-electron chi connectivity index (χ3n) is 3.98. The molecule has 0 amide bonds. The van der Waals surface area contributed by atoms with Gasteiger partial charge in [-0.1, -0.05) is 37.1 Å². The molecule has 3 heteroatoms. The van der Waals surface area contributed by atoms with Gasteiger partial charge in [-0.15, -0.1) is 4.79 Å². The Morgan fingerprint density at radius 2 is 2.06 bits per heavy atom. The highest BCUT2D eigenvalue weighted by Crippen LogP contribution is 2.46. The van der Waals surface area contributed by atoms with E-state index in [-0.39, 0.29) is 0 Å². The first-order valence-corrected chi connectivity index (χ1v) is 6.17. The number of benzene rings is 1. The number of para-hydroxylation sites is 1. The van der Waals surface area contributed by atoms with E-state index in [0.717, 1.165) is 5.69 Å². The third-order valence-corrected chi connectivity index (χ3v) is 3.98. The molecule has 16 heavy (non-hydrogen) atoms. The Labute approximate surface area is 95.3 Å². The maximum absolute atomic E-state index is 4.64. The molecule has 0 bridgehead atoms. The first-order valence-electron chi connectivity index (χ1n) is 6.17. The number of hydrazone groups is 1. The van der Waals surface area contributed by atoms with Crippen molar-refractivity contribution < 1.29 is 4.79 Å². The van der Waals surface area contributed by atoms with Crippen molar-refractivity contribution in [2.24, 2.45) is 5.92 Å². The summed E-state index contributed by atoms with van der Waals surface area (Å²) in [5.74, 6) is 0.714. The van der Waals surface area contributed by atoms with Crippen LogP contribution in [0.15, 0.2) is 24.3 Å². The van der Waals surface area contributed by atoms with Gasteiger partial charge in [-0.05, 0) is 12.8 Å². The fourth-order valence-electron chi connectivity index (χ4n) is 3.24. The smallest absolute Gasteiger partial charge is 0.170 e. The molecule has 0 spiro atoms. The minimum atomic E-state index is 0.654. The fraction of sp³-hybridized carbons (Fsp3) is 0.462. The number of fused-ring (bicyclic) bond motifs is 5. The zero-order valence-corrected chi connectivity index (χ0v) is 9.21. The standard InChI is InChI=1S/C13H15N3/c1-3-7-12-10(5-1)9-15-14-11-6-2-4-8-13(11)16(12)15/h2,4,6,8-10,12H,1,3,5,7H2. The minimum absolute atomic E-state index is 0.654. The van der Waals surface area contributed by atoms with Crippen molar-refractivity contribution in [2.75, 3.05) is 5.01 Å². The van der Waals surface area contributed by atoms with Crippen LogP contribution in [0.3, 0.4) is 0 Å². The highest BCUT2D eigenvalue weighted by molar-refractivity contribution is 5.77. The van der Waals surface area contributed by atoms with E-state index in [2.05, 4.69) is 45.7 Å². The van der Waals surface area contributed by atoms with E-state index in [1.165, 1.54) is 31.4 Å². The van der Waals surface area contributed by atoms with Crippen molar-refractivity contribution in [2.45, 2.75) is 31.7 Å². The van der Waals surface area contributed by atoms with Crippen LogP contribution in [0.4, 0.5) is 11.4 Å². The van der Waals surface area contributed by atoms with Gasteiger partial charge in [0.2, 0.25) is 0 Å². The molecular formula is C13H15N3. The Balaban J connectivity index is 1.79. The monoisotopic (exact) mass is 213 g/mol. The summed E-state index contributed by atoms with van der Waals surface area (Å²) in [7, 11) is 0. The molecule has 3 aliphatic rings. The molecule has 0 radical (unpaired) electrons. The van der Waals surface area contributed by atoms with E-state index in [4.69, 9.17) is 0 Å². The van der Waals surface area contributed by atoms with Gasteiger partial charge in [0.15, 0.2) is 6.21 Å². The second-order valence-corrected chi connectivity index (χ2v) is 4.92. The third kappa shape index (κ3) is 1.01. The molecule has 1 saturated carbocycles. The average molecular weight is 213 g/mol. The van der Waals surface area contributed by atoms with Crippen LogP contribution in [0.5, 0.6) is 0 Å². The van der Waals surface area contributed by atoms with Crippen LogP contribution < -0.4 is 5.01 Å². The lowest BCUT2D eigenvalue weighted by Gasteiger charge is -2.31. The number of anilines is 1. The molecule has 3 nitrogen and oxygen atoms in total. The zero-order chi connectivity index (χ0) is 10.5. The van der Waals surface area contributed by atoms with Crippen molar-refractivity contribution in [3.63, 3.8) is 0 Å². The molecule has 0 saturated heterocycles. The largest absolute Gasteiger partial charge is 0.243 e. The summed E-state index contributed by atoms with van der Waals surface area (Å²) >= 11 is 0. The van der Waals surface area contributed by atoms with Crippen LogP contribution in [0.2, 0.25) is 0 Å². The number of hydrogen-bond acceptors (Lipinski definition) is 1. The second-order valence-electron chi connectivity index (χ2n) is 4.92. The van der Waals surface area contributed by atoms with Crippen LogP contribution in [0, 0.1) is 5.92 Å². The van der Waals surface area contributed by atoms with Gasteiger partial charge in [-0.3, -0.25) is 0 Å². The van der Waals surface area contributed by atoms with Gasteiger partial charge in [-0.2, -0.15) is 5.43 Å². The predicted octanol–water partition coefficient (Wildman–Crippen LogP) is 3.00. The van der Waals surface area contributed by atoms with Gasteiger partial charge in [0.05, 0.1) is 0 Å². The molecule has 1 aromatic rings. The topological polar surface area (TPSA) is 20.4 Å². The van der Waals surface area contributed by atoms with E-state index < -0.39 is 0 Å². The molecule has 1 aromatic carbocycles. The summed E-state index contributed by atoms with van der Waals surface area (Å²) in [5, 5.41) is 2.39. The number of hydrazine groups is 1. The van der Waals surface area contributed by atoms with Crippen molar-refractivity contribution in [1.29, 1.82) is 0 Å². The first-order chi connectivity index (χ1) is 7.93. The van der Waals surface area contributed by atoms with Gasteiger partial charge >= 0.3 is 0 Å². The average Bonchev–Trinajstić information content (AvgIpc) is 2.83. The maximum atomic E-state index is 4.64. The van der Waals surface area contributed by atoms with Crippen molar-refractivity contribution in [3.8, 4) is 0 Å². The molecule has 2 atom stereocenters. The summed E-state index contributed by atoms with van der Waals surface area (Å²) in [6, 6.07) is 9.10. The molecule has 0 aromatic heterocycles. The lowest BCUT2D eigenvalue weighted by atomic mass is 9.86. The molecule has 2 aliphatic heterocycles. The molecule has 0 N–H and O–H groups in total. The van der Waals surface area contributed by atoms with Crippen LogP contribution in [-0.2, 0) is 0 Å². The molecule has 1 fully saturated rings. The van der Waals surface area contributed by atoms with Crippen molar-refractivity contribution in [3.05, 3.63) is 29.7 Å². The Morgan fingerprint density at radius 1 is 1.19 bits per heavy atom. The predicted molar refractivity (Wildman–Crippen MR) is 64.0 cm³/mol. The maximum Gasteiger partial charge on any atom is 0.170 e. The van der Waals surface area contributed by atoms with Gasteiger partial charge < -0.3 is 0 Å². The van der Waals surface area contributed by atoms with Gasteiger partial charge in [0.1, 0.15) is 0 Å². The Morgan fingerprint density at radius 3 is 3.06 bits per heavy atom. The van der Waals surface area contributed by atoms with Crippen LogP contribution >= 0.6 is 0 Å². The normalized spacial score (nSPS) is 30.2. The van der Waals surface area contributed by atoms with Crippen LogP contribution in [0.1, 0.15) is 25.7 Å². The van der Waals surface area contributed by atoms with Crippen molar-refractivity contribution >= 4 is 17.6 Å². The van der Waals surface area contributed by atoms with E-state index in [1.54, 1.807) is 0 Å². The minimum Gasteiger partial charge on any atom is -0.243 e. The van der Waals surface area contributed by atoms with Gasteiger partial charge in [-0.25, -0.2) is 5.01 Å². The zero-order valence-electron chi connectivity index (χ0n) is 9.21. The van der Waals surface area contributed by atoms with E-state index in [1.807, 2.05) is 0 Å². The van der Waals surface area contributed by atoms with E-state index in [0.29, 0.717) is 12.0 Å². The van der Waals surface area contributed by atoms with Crippen LogP contribution in [0.25, 0.3) is 5.43 Å². The molecule has 2 unspecified atom stereocenters. The molecular weight excluding hydrogens is 198 g/mol. The summed E-state index contributed by atoms with van der Waals surface area (Å²) in [5.41, 5.74) is 7.04. The fourth-order valence-corrected chi connectivity index (χ4v) is 3.24. The summed E-state index contributed by atoms with van der Waals surface area (Å²) in [6.07, 6.45) is 7.68. The Hall–Kier alpha value is -1.51. The molecule has 82 valence electrons. The Bertz CT molecular complexity index is 466. The lowest BCUT2D eigenvalue weighted by molar-refractivity contribution is -0.470. The lowest BCUT2D eigenvalue weighted by Crippen LogP contribution is -2.37. The summed E-state index contributed by atoms with van der Waals surface area (Å²) in [6.45, 7) is 0. The Kier molecular flexibility index (Phi) is 1.62. The van der Waals surface area contributed by atoms with Gasteiger partial charge in [0, 0.05) is 23.3 Å². The van der Waals surface area contributed by atoms with Gasteiger partial charge in [0.25, 0.3) is 0 Å². The second kappa shape index (κ2) is 3.00. The first kappa shape index (κ1) is 8.62. The number of nitrogens with zero attached hydrogens (tertiary/aromatic N) is 3. The molecule has 1 aliphatic carbocycles. The summed E-state index contributed by atoms with van der Waals surface area (Å²) in [4.78, 5) is 2.07. The molecule has 2 heterocycles.